The normalized spacial score (nSPS) is 27.9. The lowest BCUT2D eigenvalue weighted by Crippen LogP contribution is -2.51. The van der Waals surface area contributed by atoms with Crippen molar-refractivity contribution in [3.63, 3.8) is 0 Å². The highest BCUT2D eigenvalue weighted by molar-refractivity contribution is 5.26. The molecule has 0 bridgehead atoms. The standard InChI is InChI=1S/C18H28N2O2/c21-16-5-3-4-14(12-16)13-19-15-8-10-20(11-9-15)17-6-1-2-7-18(17)22/h3-5,12,15,17-19,21-22H,1-2,6-11,13H2. The van der Waals surface area contributed by atoms with Crippen LogP contribution in [0.3, 0.4) is 0 Å². The minimum Gasteiger partial charge on any atom is -0.508 e. The molecule has 4 heteroatoms. The molecule has 2 aliphatic rings. The van der Waals surface area contributed by atoms with Crippen molar-refractivity contribution >= 4 is 0 Å². The van der Waals surface area contributed by atoms with Gasteiger partial charge in [0.15, 0.2) is 0 Å². The minimum absolute atomic E-state index is 0.120. The number of nitrogens with zero attached hydrogens (tertiary/aromatic N) is 1. The van der Waals surface area contributed by atoms with Gasteiger partial charge in [-0.3, -0.25) is 4.90 Å². The predicted octanol–water partition coefficient (Wildman–Crippen LogP) is 2.25. The number of hydrogen-bond acceptors (Lipinski definition) is 4. The number of nitrogens with one attached hydrogen (secondary N) is 1. The van der Waals surface area contributed by atoms with Crippen LogP contribution in [0.4, 0.5) is 0 Å². The summed E-state index contributed by atoms with van der Waals surface area (Å²) in [6.45, 7) is 2.98. The van der Waals surface area contributed by atoms with Gasteiger partial charge in [-0.15, -0.1) is 0 Å². The molecule has 1 aliphatic heterocycles. The van der Waals surface area contributed by atoms with Crippen LogP contribution in [0.5, 0.6) is 5.75 Å². The highest BCUT2D eigenvalue weighted by Gasteiger charge is 2.31. The molecule has 1 aliphatic carbocycles. The fourth-order valence-electron chi connectivity index (χ4n) is 3.88. The lowest BCUT2D eigenvalue weighted by molar-refractivity contribution is 0.00714. The van der Waals surface area contributed by atoms with Crippen molar-refractivity contribution in [2.24, 2.45) is 0 Å². The van der Waals surface area contributed by atoms with Gasteiger partial charge in [0, 0.05) is 31.7 Å². The smallest absolute Gasteiger partial charge is 0.115 e. The third-order valence-corrected chi connectivity index (χ3v) is 5.20. The Balaban J connectivity index is 1.43. The molecule has 1 saturated heterocycles. The molecule has 0 spiro atoms. The summed E-state index contributed by atoms with van der Waals surface area (Å²) in [4.78, 5) is 2.50. The largest absolute Gasteiger partial charge is 0.508 e. The summed E-state index contributed by atoms with van der Waals surface area (Å²) in [6, 6.07) is 8.39. The van der Waals surface area contributed by atoms with Crippen LogP contribution in [0.15, 0.2) is 24.3 Å². The molecule has 122 valence electrons. The van der Waals surface area contributed by atoms with Crippen molar-refractivity contribution in [1.82, 2.24) is 10.2 Å². The maximum absolute atomic E-state index is 10.2. The number of benzene rings is 1. The van der Waals surface area contributed by atoms with Crippen molar-refractivity contribution in [3.8, 4) is 5.75 Å². The Morgan fingerprint density at radius 3 is 2.59 bits per heavy atom. The number of aromatic hydroxyl groups is 1. The summed E-state index contributed by atoms with van der Waals surface area (Å²) in [6.07, 6.45) is 6.73. The van der Waals surface area contributed by atoms with Gasteiger partial charge in [-0.05, 0) is 43.4 Å². The van der Waals surface area contributed by atoms with Gasteiger partial charge >= 0.3 is 0 Å². The Morgan fingerprint density at radius 1 is 1.09 bits per heavy atom. The fourth-order valence-corrected chi connectivity index (χ4v) is 3.88. The van der Waals surface area contributed by atoms with Gasteiger partial charge < -0.3 is 15.5 Å². The highest BCUT2D eigenvalue weighted by Crippen LogP contribution is 2.26. The molecule has 4 nitrogen and oxygen atoms in total. The number of hydrogen-bond donors (Lipinski definition) is 3. The van der Waals surface area contributed by atoms with E-state index in [0.717, 1.165) is 50.9 Å². The van der Waals surface area contributed by atoms with Gasteiger partial charge in [-0.1, -0.05) is 25.0 Å². The summed E-state index contributed by atoms with van der Waals surface area (Å²) < 4.78 is 0. The first-order chi connectivity index (χ1) is 10.7. The number of phenols is 1. The second kappa shape index (κ2) is 7.44. The summed E-state index contributed by atoms with van der Waals surface area (Å²) >= 11 is 0. The molecular weight excluding hydrogens is 276 g/mol. The second-order valence-corrected chi connectivity index (χ2v) is 6.78. The minimum atomic E-state index is -0.120. The maximum atomic E-state index is 10.2. The molecule has 1 saturated carbocycles. The Hall–Kier alpha value is -1.10. The van der Waals surface area contributed by atoms with Crippen molar-refractivity contribution < 1.29 is 10.2 Å². The molecule has 2 atom stereocenters. The molecule has 0 radical (unpaired) electrons. The van der Waals surface area contributed by atoms with E-state index in [1.54, 1.807) is 6.07 Å². The molecule has 2 unspecified atom stereocenters. The zero-order chi connectivity index (χ0) is 15.4. The Kier molecular flexibility index (Phi) is 5.34. The van der Waals surface area contributed by atoms with E-state index in [0.29, 0.717) is 17.8 Å². The van der Waals surface area contributed by atoms with E-state index in [-0.39, 0.29) is 6.10 Å². The molecule has 1 heterocycles. The monoisotopic (exact) mass is 304 g/mol. The van der Waals surface area contributed by atoms with Gasteiger partial charge in [0.2, 0.25) is 0 Å². The number of phenolic OH excluding ortho intramolecular Hbond substituents is 1. The third-order valence-electron chi connectivity index (χ3n) is 5.20. The average Bonchev–Trinajstić information content (AvgIpc) is 2.54. The molecule has 0 aromatic heterocycles. The van der Waals surface area contributed by atoms with E-state index in [9.17, 15) is 10.2 Å². The average molecular weight is 304 g/mol. The zero-order valence-electron chi connectivity index (χ0n) is 13.2. The summed E-state index contributed by atoms with van der Waals surface area (Å²) in [7, 11) is 0. The van der Waals surface area contributed by atoms with Gasteiger partial charge in [-0.25, -0.2) is 0 Å². The molecule has 22 heavy (non-hydrogen) atoms. The van der Waals surface area contributed by atoms with Gasteiger partial charge in [0.25, 0.3) is 0 Å². The van der Waals surface area contributed by atoms with E-state index in [4.69, 9.17) is 0 Å². The van der Waals surface area contributed by atoms with Crippen LogP contribution in [0, 0.1) is 0 Å². The predicted molar refractivity (Wildman–Crippen MR) is 87.8 cm³/mol. The van der Waals surface area contributed by atoms with Crippen LogP contribution in [-0.4, -0.2) is 46.4 Å². The lowest BCUT2D eigenvalue weighted by Gasteiger charge is -2.41. The number of likely N-dealkylation sites (tertiary alicyclic amines) is 1. The molecule has 3 rings (SSSR count). The van der Waals surface area contributed by atoms with Crippen molar-refractivity contribution in [2.75, 3.05) is 13.1 Å². The zero-order valence-corrected chi connectivity index (χ0v) is 13.2. The van der Waals surface area contributed by atoms with Gasteiger partial charge in [0.1, 0.15) is 5.75 Å². The van der Waals surface area contributed by atoms with Crippen LogP contribution < -0.4 is 5.32 Å². The van der Waals surface area contributed by atoms with E-state index >= 15 is 0 Å². The van der Waals surface area contributed by atoms with Crippen molar-refractivity contribution in [1.29, 1.82) is 0 Å². The summed E-state index contributed by atoms with van der Waals surface area (Å²) in [5.74, 6) is 0.334. The first kappa shape index (κ1) is 15.8. The van der Waals surface area contributed by atoms with Crippen LogP contribution in [0.1, 0.15) is 44.1 Å². The number of rotatable bonds is 4. The number of aliphatic hydroxyl groups is 1. The van der Waals surface area contributed by atoms with Crippen molar-refractivity contribution in [3.05, 3.63) is 29.8 Å². The Bertz CT molecular complexity index is 472. The van der Waals surface area contributed by atoms with E-state index in [1.165, 1.54) is 12.8 Å². The molecule has 1 aromatic rings. The SMILES string of the molecule is Oc1cccc(CNC2CCN(C3CCCCC3O)CC2)c1. The van der Waals surface area contributed by atoms with E-state index < -0.39 is 0 Å². The summed E-state index contributed by atoms with van der Waals surface area (Å²) in [5.41, 5.74) is 1.13. The van der Waals surface area contributed by atoms with Crippen LogP contribution in [-0.2, 0) is 6.54 Å². The number of piperidine rings is 1. The first-order valence-corrected chi connectivity index (χ1v) is 8.66. The van der Waals surface area contributed by atoms with Crippen LogP contribution >= 0.6 is 0 Å². The molecular formula is C18H28N2O2. The molecule has 3 N–H and O–H groups in total. The quantitative estimate of drug-likeness (QED) is 0.798. The Morgan fingerprint density at radius 2 is 1.86 bits per heavy atom. The maximum Gasteiger partial charge on any atom is 0.115 e. The lowest BCUT2D eigenvalue weighted by atomic mass is 9.89. The molecule has 2 fully saturated rings. The van der Waals surface area contributed by atoms with E-state index in [2.05, 4.69) is 10.2 Å². The fraction of sp³-hybridized carbons (Fsp3) is 0.667. The Labute approximate surface area is 133 Å². The topological polar surface area (TPSA) is 55.7 Å². The second-order valence-electron chi connectivity index (χ2n) is 6.78. The first-order valence-electron chi connectivity index (χ1n) is 8.66. The highest BCUT2D eigenvalue weighted by atomic mass is 16.3. The van der Waals surface area contributed by atoms with E-state index in [1.807, 2.05) is 18.2 Å². The third kappa shape index (κ3) is 4.00. The number of aliphatic hydroxyl groups excluding tert-OH is 1. The van der Waals surface area contributed by atoms with Gasteiger partial charge in [0.05, 0.1) is 6.10 Å². The van der Waals surface area contributed by atoms with Crippen LogP contribution in [0.25, 0.3) is 0 Å². The van der Waals surface area contributed by atoms with Crippen molar-refractivity contribution in [2.45, 2.75) is 63.3 Å². The van der Waals surface area contributed by atoms with Crippen LogP contribution in [0.2, 0.25) is 0 Å². The molecule has 1 aromatic carbocycles. The molecule has 0 amide bonds. The van der Waals surface area contributed by atoms with Gasteiger partial charge in [-0.2, -0.15) is 0 Å². The summed E-state index contributed by atoms with van der Waals surface area (Å²) in [5, 5.41) is 23.3.